The molecule has 2 rings (SSSR count). The Morgan fingerprint density at radius 1 is 1.50 bits per heavy atom. The molecule has 0 unspecified atom stereocenters. The number of thiazole rings is 1. The summed E-state index contributed by atoms with van der Waals surface area (Å²) in [7, 11) is 0. The Kier molecular flexibility index (Phi) is 1.83. The molecule has 2 aromatic heterocycles. The molecule has 0 aliphatic rings. The van der Waals surface area contributed by atoms with Crippen molar-refractivity contribution in [2.45, 2.75) is 0 Å². The van der Waals surface area contributed by atoms with Gasteiger partial charge in [-0.05, 0) is 6.07 Å². The lowest BCUT2D eigenvalue weighted by Gasteiger charge is -1.93. The normalized spacial score (nSPS) is 10.1. The minimum absolute atomic E-state index is 0.486. The highest BCUT2D eigenvalue weighted by Gasteiger charge is 2.00. The van der Waals surface area contributed by atoms with E-state index in [1.54, 1.807) is 6.07 Å². The van der Waals surface area contributed by atoms with E-state index in [9.17, 15) is 4.39 Å². The Balaban J connectivity index is 2.48. The SMILES string of the molecule is Fc1cc(-c2cs[c]n2)ccn1. The van der Waals surface area contributed by atoms with Crippen molar-refractivity contribution in [3.8, 4) is 11.3 Å². The first-order valence-corrected chi connectivity index (χ1v) is 4.18. The minimum Gasteiger partial charge on any atom is -0.233 e. The van der Waals surface area contributed by atoms with E-state index < -0.39 is 5.95 Å². The maximum atomic E-state index is 12.6. The van der Waals surface area contributed by atoms with Crippen LogP contribution in [0.5, 0.6) is 0 Å². The lowest BCUT2D eigenvalue weighted by atomic mass is 10.2. The lowest BCUT2D eigenvalue weighted by molar-refractivity contribution is 0.584. The summed E-state index contributed by atoms with van der Waals surface area (Å²) in [6, 6.07) is 3.06. The molecular formula is C8H4FN2S. The third kappa shape index (κ3) is 1.33. The molecule has 2 heterocycles. The summed E-state index contributed by atoms with van der Waals surface area (Å²) < 4.78 is 12.6. The Bertz CT molecular complexity index is 372. The molecule has 0 spiro atoms. The molecule has 2 aromatic rings. The molecule has 2 nitrogen and oxygen atoms in total. The van der Waals surface area contributed by atoms with Gasteiger partial charge < -0.3 is 0 Å². The van der Waals surface area contributed by atoms with Crippen molar-refractivity contribution in [1.29, 1.82) is 0 Å². The molecular weight excluding hydrogens is 175 g/mol. The van der Waals surface area contributed by atoms with Crippen molar-refractivity contribution in [3.05, 3.63) is 35.2 Å². The fourth-order valence-electron chi connectivity index (χ4n) is 0.878. The Labute approximate surface area is 72.7 Å². The van der Waals surface area contributed by atoms with Crippen LogP contribution in [0.15, 0.2) is 23.7 Å². The van der Waals surface area contributed by atoms with E-state index in [2.05, 4.69) is 15.5 Å². The second-order valence-electron chi connectivity index (χ2n) is 2.19. The number of hydrogen-bond acceptors (Lipinski definition) is 3. The van der Waals surface area contributed by atoms with Crippen LogP contribution >= 0.6 is 11.3 Å². The van der Waals surface area contributed by atoms with E-state index in [1.165, 1.54) is 23.6 Å². The zero-order chi connectivity index (χ0) is 8.39. The molecule has 0 amide bonds. The predicted molar refractivity (Wildman–Crippen MR) is 44.1 cm³/mol. The zero-order valence-corrected chi connectivity index (χ0v) is 6.81. The molecule has 12 heavy (non-hydrogen) atoms. The van der Waals surface area contributed by atoms with Gasteiger partial charge in [-0.2, -0.15) is 4.39 Å². The third-order valence-electron chi connectivity index (χ3n) is 1.41. The topological polar surface area (TPSA) is 25.8 Å². The molecule has 0 N–H and O–H groups in total. The lowest BCUT2D eigenvalue weighted by Crippen LogP contribution is -1.82. The molecule has 0 aliphatic carbocycles. The average molecular weight is 179 g/mol. The molecule has 59 valence electrons. The quantitative estimate of drug-likeness (QED) is 0.627. The standard InChI is InChI=1S/C8H4FN2S/c9-8-3-6(1-2-10-8)7-4-12-5-11-7/h1-4H. The summed E-state index contributed by atoms with van der Waals surface area (Å²) in [4.78, 5) is 7.38. The number of pyridine rings is 1. The molecule has 0 fully saturated rings. The van der Waals surface area contributed by atoms with Crippen molar-refractivity contribution in [2.75, 3.05) is 0 Å². The van der Waals surface area contributed by atoms with E-state index in [-0.39, 0.29) is 0 Å². The summed E-state index contributed by atoms with van der Waals surface area (Å²) in [5, 5.41) is 1.81. The highest BCUT2D eigenvalue weighted by atomic mass is 32.1. The minimum atomic E-state index is -0.486. The molecule has 0 saturated heterocycles. The fraction of sp³-hybridized carbons (Fsp3) is 0. The monoisotopic (exact) mass is 179 g/mol. The molecule has 0 atom stereocenters. The summed E-state index contributed by atoms with van der Waals surface area (Å²) in [6.45, 7) is 0. The number of halogens is 1. The van der Waals surface area contributed by atoms with Gasteiger partial charge in [0.2, 0.25) is 5.95 Å². The van der Waals surface area contributed by atoms with Gasteiger partial charge in [-0.1, -0.05) is 0 Å². The first kappa shape index (κ1) is 7.36. The summed E-state index contributed by atoms with van der Waals surface area (Å²) in [5.41, 5.74) is 4.17. The van der Waals surface area contributed by atoms with E-state index >= 15 is 0 Å². The molecule has 0 aliphatic heterocycles. The van der Waals surface area contributed by atoms with E-state index in [1.807, 2.05) is 5.38 Å². The van der Waals surface area contributed by atoms with Crippen LogP contribution in [-0.4, -0.2) is 9.97 Å². The summed E-state index contributed by atoms with van der Waals surface area (Å²) in [5.74, 6) is -0.486. The van der Waals surface area contributed by atoms with Crippen molar-refractivity contribution in [1.82, 2.24) is 9.97 Å². The van der Waals surface area contributed by atoms with E-state index in [0.717, 1.165) is 11.3 Å². The number of hydrogen-bond donors (Lipinski definition) is 0. The maximum absolute atomic E-state index is 12.6. The van der Waals surface area contributed by atoms with Crippen molar-refractivity contribution >= 4 is 11.3 Å². The molecule has 0 aromatic carbocycles. The maximum Gasteiger partial charge on any atom is 0.213 e. The third-order valence-corrected chi connectivity index (χ3v) is 1.95. The smallest absolute Gasteiger partial charge is 0.213 e. The van der Waals surface area contributed by atoms with Gasteiger partial charge in [0.15, 0.2) is 5.51 Å². The average Bonchev–Trinajstić information content (AvgIpc) is 2.56. The summed E-state index contributed by atoms with van der Waals surface area (Å²) >= 11 is 1.36. The van der Waals surface area contributed by atoms with Gasteiger partial charge in [-0.25, -0.2) is 9.97 Å². The van der Waals surface area contributed by atoms with Crippen LogP contribution in [0.2, 0.25) is 0 Å². The van der Waals surface area contributed by atoms with E-state index in [4.69, 9.17) is 0 Å². The van der Waals surface area contributed by atoms with Gasteiger partial charge >= 0.3 is 0 Å². The first-order valence-electron chi connectivity index (χ1n) is 3.30. The Morgan fingerprint density at radius 2 is 2.42 bits per heavy atom. The van der Waals surface area contributed by atoms with Crippen LogP contribution in [0.4, 0.5) is 4.39 Å². The second kappa shape index (κ2) is 2.98. The molecule has 4 heteroatoms. The van der Waals surface area contributed by atoms with Crippen molar-refractivity contribution in [3.63, 3.8) is 0 Å². The Morgan fingerprint density at radius 3 is 3.08 bits per heavy atom. The van der Waals surface area contributed by atoms with Gasteiger partial charge in [0.25, 0.3) is 0 Å². The van der Waals surface area contributed by atoms with Crippen LogP contribution in [0, 0.1) is 11.5 Å². The predicted octanol–water partition coefficient (Wildman–Crippen LogP) is 2.14. The van der Waals surface area contributed by atoms with Crippen LogP contribution in [-0.2, 0) is 0 Å². The van der Waals surface area contributed by atoms with Crippen LogP contribution in [0.25, 0.3) is 11.3 Å². The molecule has 0 bridgehead atoms. The first-order chi connectivity index (χ1) is 5.86. The largest absolute Gasteiger partial charge is 0.233 e. The molecule has 0 saturated carbocycles. The summed E-state index contributed by atoms with van der Waals surface area (Å²) in [6.07, 6.45) is 1.42. The van der Waals surface area contributed by atoms with Crippen LogP contribution in [0.3, 0.4) is 0 Å². The van der Waals surface area contributed by atoms with Crippen molar-refractivity contribution in [2.24, 2.45) is 0 Å². The molecule has 1 radical (unpaired) electrons. The second-order valence-corrected chi connectivity index (χ2v) is 2.85. The zero-order valence-electron chi connectivity index (χ0n) is 5.99. The van der Waals surface area contributed by atoms with Gasteiger partial charge in [0.1, 0.15) is 0 Å². The van der Waals surface area contributed by atoms with Gasteiger partial charge in [0, 0.05) is 23.2 Å². The highest BCUT2D eigenvalue weighted by Crippen LogP contribution is 2.17. The number of nitrogens with zero attached hydrogens (tertiary/aromatic N) is 2. The van der Waals surface area contributed by atoms with Gasteiger partial charge in [-0.15, -0.1) is 11.3 Å². The van der Waals surface area contributed by atoms with Crippen molar-refractivity contribution < 1.29 is 4.39 Å². The Hall–Kier alpha value is -1.29. The van der Waals surface area contributed by atoms with E-state index in [0.29, 0.717) is 0 Å². The fourth-order valence-corrected chi connectivity index (χ4v) is 1.38. The van der Waals surface area contributed by atoms with Crippen LogP contribution in [0.1, 0.15) is 0 Å². The highest BCUT2D eigenvalue weighted by molar-refractivity contribution is 7.07. The van der Waals surface area contributed by atoms with Gasteiger partial charge in [0.05, 0.1) is 5.69 Å². The number of rotatable bonds is 1. The number of aromatic nitrogens is 2. The van der Waals surface area contributed by atoms with Gasteiger partial charge in [-0.3, -0.25) is 0 Å². The van der Waals surface area contributed by atoms with Crippen LogP contribution < -0.4 is 0 Å².